The summed E-state index contributed by atoms with van der Waals surface area (Å²) in [6, 6.07) is 3.01. The lowest BCUT2D eigenvalue weighted by molar-refractivity contribution is 0.148. The van der Waals surface area contributed by atoms with Gasteiger partial charge in [-0.2, -0.15) is 4.98 Å². The normalized spacial score (nSPS) is 27.4. The molecule has 2 aromatic heterocycles. The lowest BCUT2D eigenvalue weighted by Crippen LogP contribution is -2.55. The average molecular weight is 414 g/mol. The van der Waals surface area contributed by atoms with Crippen molar-refractivity contribution in [1.82, 2.24) is 20.4 Å². The Hall–Kier alpha value is -1.99. The van der Waals surface area contributed by atoms with Crippen LogP contribution in [0.1, 0.15) is 56.1 Å². The lowest BCUT2D eigenvalue weighted by Gasteiger charge is -2.42. The van der Waals surface area contributed by atoms with E-state index >= 15 is 0 Å². The van der Waals surface area contributed by atoms with Gasteiger partial charge in [0.1, 0.15) is 5.82 Å². The molecule has 2 N–H and O–H groups in total. The van der Waals surface area contributed by atoms with E-state index in [0.29, 0.717) is 29.7 Å². The molecule has 2 aromatic rings. The Morgan fingerprint density at radius 2 is 1.93 bits per heavy atom. The van der Waals surface area contributed by atoms with Gasteiger partial charge in [-0.3, -0.25) is 0 Å². The second-order valence-electron chi connectivity index (χ2n) is 9.23. The van der Waals surface area contributed by atoms with Crippen LogP contribution >= 0.6 is 0 Å². The molecular formula is C23H35N5O2. The topological polar surface area (TPSA) is 87.3 Å². The number of rotatable bonds is 5. The maximum Gasteiger partial charge on any atom is 0.261 e. The minimum Gasteiger partial charge on any atom is -0.396 e. The molecule has 0 radical (unpaired) electrons. The van der Waals surface area contributed by atoms with Crippen LogP contribution in [0.5, 0.6) is 0 Å². The van der Waals surface area contributed by atoms with Crippen LogP contribution in [0.25, 0.3) is 11.5 Å². The van der Waals surface area contributed by atoms with Crippen molar-refractivity contribution >= 4 is 5.82 Å². The molecule has 1 saturated carbocycles. The third kappa shape index (κ3) is 4.37. The summed E-state index contributed by atoms with van der Waals surface area (Å²) in [5, 5.41) is 18.0. The van der Waals surface area contributed by atoms with Gasteiger partial charge in [0.25, 0.3) is 5.89 Å². The van der Waals surface area contributed by atoms with E-state index in [1.54, 1.807) is 0 Å². The van der Waals surface area contributed by atoms with E-state index in [4.69, 9.17) is 9.51 Å². The van der Waals surface area contributed by atoms with Crippen molar-refractivity contribution in [2.24, 2.45) is 11.8 Å². The van der Waals surface area contributed by atoms with Gasteiger partial charge in [0.15, 0.2) is 5.82 Å². The van der Waals surface area contributed by atoms with Gasteiger partial charge in [0.2, 0.25) is 0 Å². The number of pyridine rings is 1. The summed E-state index contributed by atoms with van der Waals surface area (Å²) in [5.41, 5.74) is 2.98. The Labute approximate surface area is 179 Å². The summed E-state index contributed by atoms with van der Waals surface area (Å²) < 4.78 is 5.47. The van der Waals surface area contributed by atoms with Crippen LogP contribution in [0.3, 0.4) is 0 Å². The van der Waals surface area contributed by atoms with E-state index in [0.717, 1.165) is 42.1 Å². The molecule has 0 aromatic carbocycles. The third-order valence-electron chi connectivity index (χ3n) is 7.01. The Morgan fingerprint density at radius 1 is 1.13 bits per heavy atom. The lowest BCUT2D eigenvalue weighted by atomic mass is 9.83. The number of anilines is 1. The van der Waals surface area contributed by atoms with Crippen molar-refractivity contribution in [2.75, 3.05) is 24.6 Å². The van der Waals surface area contributed by atoms with Gasteiger partial charge in [-0.25, -0.2) is 4.98 Å². The molecule has 7 nitrogen and oxygen atoms in total. The standard InChI is InChI=1S/C23H35N5O2/c1-14-7-5-6-8-20(14)26-21-9-10-28(12-18(21)13-29)22-19(11-15(2)16(3)24-22)23-25-17(4)27-30-23/h11,14,18,20-21,26,29H,5-10,12-13H2,1-4H3. The van der Waals surface area contributed by atoms with Gasteiger partial charge >= 0.3 is 0 Å². The van der Waals surface area contributed by atoms with Gasteiger partial charge in [0, 0.05) is 43.4 Å². The highest BCUT2D eigenvalue weighted by Gasteiger charge is 2.34. The molecule has 4 unspecified atom stereocenters. The van der Waals surface area contributed by atoms with Crippen molar-refractivity contribution in [3.8, 4) is 11.5 Å². The molecule has 1 aliphatic carbocycles. The molecule has 0 spiro atoms. The molecule has 0 amide bonds. The number of nitrogens with zero attached hydrogens (tertiary/aromatic N) is 4. The highest BCUT2D eigenvalue weighted by atomic mass is 16.5. The van der Waals surface area contributed by atoms with Crippen LogP contribution < -0.4 is 10.2 Å². The van der Waals surface area contributed by atoms with E-state index in [1.807, 2.05) is 13.8 Å². The Morgan fingerprint density at radius 3 is 2.63 bits per heavy atom. The third-order valence-corrected chi connectivity index (χ3v) is 7.01. The van der Waals surface area contributed by atoms with Crippen LogP contribution in [-0.4, -0.2) is 52.0 Å². The molecule has 3 heterocycles. The summed E-state index contributed by atoms with van der Waals surface area (Å²) in [5.74, 6) is 2.89. The number of nitrogens with one attached hydrogen (secondary N) is 1. The van der Waals surface area contributed by atoms with Crippen LogP contribution in [0.2, 0.25) is 0 Å². The van der Waals surface area contributed by atoms with E-state index < -0.39 is 0 Å². The first kappa shape index (κ1) is 21.2. The Balaban J connectivity index is 1.55. The number of aliphatic hydroxyl groups excluding tert-OH is 1. The Bertz CT molecular complexity index is 867. The first-order valence-corrected chi connectivity index (χ1v) is 11.4. The van der Waals surface area contributed by atoms with Crippen LogP contribution in [0.4, 0.5) is 5.82 Å². The van der Waals surface area contributed by atoms with Crippen molar-refractivity contribution in [3.63, 3.8) is 0 Å². The largest absolute Gasteiger partial charge is 0.396 e. The van der Waals surface area contributed by atoms with Crippen molar-refractivity contribution in [3.05, 3.63) is 23.1 Å². The molecule has 2 aliphatic rings. The quantitative estimate of drug-likeness (QED) is 0.777. The first-order chi connectivity index (χ1) is 14.5. The number of hydrogen-bond acceptors (Lipinski definition) is 7. The molecule has 2 fully saturated rings. The van der Waals surface area contributed by atoms with Crippen LogP contribution in [0, 0.1) is 32.6 Å². The molecule has 0 bridgehead atoms. The fraction of sp³-hybridized carbons (Fsp3) is 0.696. The molecule has 164 valence electrons. The van der Waals surface area contributed by atoms with Crippen LogP contribution in [-0.2, 0) is 0 Å². The molecule has 30 heavy (non-hydrogen) atoms. The highest BCUT2D eigenvalue weighted by Crippen LogP contribution is 2.33. The molecule has 1 saturated heterocycles. The summed E-state index contributed by atoms with van der Waals surface area (Å²) in [7, 11) is 0. The van der Waals surface area contributed by atoms with Crippen LogP contribution in [0.15, 0.2) is 10.6 Å². The second kappa shape index (κ2) is 9.02. The fourth-order valence-corrected chi connectivity index (χ4v) is 4.97. The van der Waals surface area contributed by atoms with Crippen molar-refractivity contribution in [2.45, 2.75) is 71.9 Å². The smallest absolute Gasteiger partial charge is 0.261 e. The van der Waals surface area contributed by atoms with Gasteiger partial charge in [-0.15, -0.1) is 0 Å². The molecule has 4 rings (SSSR count). The summed E-state index contributed by atoms with van der Waals surface area (Å²) >= 11 is 0. The maximum absolute atomic E-state index is 10.2. The number of piperidine rings is 1. The summed E-state index contributed by atoms with van der Waals surface area (Å²) in [6.07, 6.45) is 6.20. The summed E-state index contributed by atoms with van der Waals surface area (Å²) in [6.45, 7) is 10.1. The van der Waals surface area contributed by atoms with Gasteiger partial charge < -0.3 is 19.8 Å². The first-order valence-electron chi connectivity index (χ1n) is 11.4. The molecule has 7 heteroatoms. The number of aliphatic hydroxyl groups is 1. The maximum atomic E-state index is 10.2. The second-order valence-corrected chi connectivity index (χ2v) is 9.23. The van der Waals surface area contributed by atoms with E-state index in [1.165, 1.54) is 25.7 Å². The predicted octanol–water partition coefficient (Wildman–Crippen LogP) is 3.41. The van der Waals surface area contributed by atoms with Crippen molar-refractivity contribution < 1.29 is 9.63 Å². The van der Waals surface area contributed by atoms with E-state index in [-0.39, 0.29) is 12.5 Å². The van der Waals surface area contributed by atoms with Gasteiger partial charge in [-0.05, 0) is 57.6 Å². The SMILES string of the molecule is Cc1noc(-c2cc(C)c(C)nc2N2CCC(NC3CCCCC3C)C(CO)C2)n1. The summed E-state index contributed by atoms with van der Waals surface area (Å²) in [4.78, 5) is 11.6. The zero-order valence-corrected chi connectivity index (χ0v) is 18.7. The van der Waals surface area contributed by atoms with E-state index in [9.17, 15) is 5.11 Å². The van der Waals surface area contributed by atoms with Gasteiger partial charge in [-0.1, -0.05) is 24.9 Å². The number of aromatic nitrogens is 3. The highest BCUT2D eigenvalue weighted by molar-refractivity contribution is 5.71. The minimum atomic E-state index is 0.175. The minimum absolute atomic E-state index is 0.175. The zero-order valence-electron chi connectivity index (χ0n) is 18.7. The number of aryl methyl sites for hydroxylation is 3. The number of hydrogen-bond donors (Lipinski definition) is 2. The molecule has 4 atom stereocenters. The molecule has 1 aliphatic heterocycles. The fourth-order valence-electron chi connectivity index (χ4n) is 4.97. The monoisotopic (exact) mass is 413 g/mol. The van der Waals surface area contributed by atoms with Crippen molar-refractivity contribution in [1.29, 1.82) is 0 Å². The van der Waals surface area contributed by atoms with E-state index in [2.05, 4.69) is 40.3 Å². The molecular weight excluding hydrogens is 378 g/mol. The van der Waals surface area contributed by atoms with Gasteiger partial charge in [0.05, 0.1) is 5.56 Å². The zero-order chi connectivity index (χ0) is 21.3. The Kier molecular flexibility index (Phi) is 6.39. The predicted molar refractivity (Wildman–Crippen MR) is 117 cm³/mol. The average Bonchev–Trinajstić information content (AvgIpc) is 3.18.